The number of carbonyl (C=O) groups excluding carboxylic acids is 2. The average Bonchev–Trinajstić information content (AvgIpc) is 2.86. The van der Waals surface area contributed by atoms with Gasteiger partial charge in [0, 0.05) is 21.5 Å². The molecule has 0 aliphatic carbocycles. The Balaban J connectivity index is 1.97. The SMILES string of the molecule is CCCCOC(=O)COc1c2ccccc2c(OCC(=O)OCCCC)c2cc(CC)ccc12. The van der Waals surface area contributed by atoms with Crippen LogP contribution in [-0.2, 0) is 25.5 Å². The summed E-state index contributed by atoms with van der Waals surface area (Å²) in [6.07, 6.45) is 4.41. The quantitative estimate of drug-likeness (QED) is 0.175. The molecule has 0 saturated heterocycles. The first-order chi connectivity index (χ1) is 16.6. The van der Waals surface area contributed by atoms with Crippen LogP contribution in [0.25, 0.3) is 21.5 Å². The molecule has 3 rings (SSSR count). The van der Waals surface area contributed by atoms with Gasteiger partial charge in [0.25, 0.3) is 0 Å². The molecule has 0 heterocycles. The molecule has 34 heavy (non-hydrogen) atoms. The first-order valence-corrected chi connectivity index (χ1v) is 12.1. The molecule has 0 saturated carbocycles. The summed E-state index contributed by atoms with van der Waals surface area (Å²) in [7, 11) is 0. The third-order valence-corrected chi connectivity index (χ3v) is 5.59. The van der Waals surface area contributed by atoms with Crippen LogP contribution >= 0.6 is 0 Å². The molecule has 0 atom stereocenters. The van der Waals surface area contributed by atoms with E-state index in [1.54, 1.807) is 0 Å². The summed E-state index contributed by atoms with van der Waals surface area (Å²) in [6, 6.07) is 13.7. The van der Waals surface area contributed by atoms with Crippen LogP contribution in [0, 0.1) is 0 Å². The molecular formula is C28H34O6. The highest BCUT2D eigenvalue weighted by Crippen LogP contribution is 2.43. The van der Waals surface area contributed by atoms with Crippen LogP contribution in [0.15, 0.2) is 42.5 Å². The molecule has 6 heteroatoms. The standard InChI is InChI=1S/C28H34O6/c1-4-7-15-31-25(29)18-33-27-21-11-9-10-12-22(21)28(34-19-26(30)32-16-8-5-2)24-17-20(6-3)13-14-23(24)27/h9-14,17H,4-8,15-16,18-19H2,1-3H3. The number of carbonyl (C=O) groups is 2. The molecule has 0 aliphatic heterocycles. The van der Waals surface area contributed by atoms with E-state index in [2.05, 4.69) is 6.92 Å². The molecule has 0 aromatic heterocycles. The fourth-order valence-corrected chi connectivity index (χ4v) is 3.68. The number of hydrogen-bond acceptors (Lipinski definition) is 6. The molecule has 3 aromatic carbocycles. The molecule has 0 amide bonds. The fourth-order valence-electron chi connectivity index (χ4n) is 3.68. The van der Waals surface area contributed by atoms with Crippen molar-refractivity contribution < 1.29 is 28.5 Å². The Hall–Kier alpha value is -3.28. The smallest absolute Gasteiger partial charge is 0.344 e. The maximum absolute atomic E-state index is 12.2. The molecule has 0 radical (unpaired) electrons. The fraction of sp³-hybridized carbons (Fsp3) is 0.429. The molecule has 0 bridgehead atoms. The molecule has 0 spiro atoms. The van der Waals surface area contributed by atoms with Gasteiger partial charge in [0.1, 0.15) is 11.5 Å². The Morgan fingerprint density at radius 1 is 0.676 bits per heavy atom. The monoisotopic (exact) mass is 466 g/mol. The molecular weight excluding hydrogens is 432 g/mol. The second-order valence-electron chi connectivity index (χ2n) is 8.16. The second kappa shape index (κ2) is 12.8. The number of ether oxygens (including phenoxy) is 4. The van der Waals surface area contributed by atoms with E-state index < -0.39 is 11.9 Å². The van der Waals surface area contributed by atoms with Gasteiger partial charge in [0.15, 0.2) is 13.2 Å². The van der Waals surface area contributed by atoms with E-state index in [0.717, 1.165) is 59.2 Å². The topological polar surface area (TPSA) is 71.1 Å². The normalized spacial score (nSPS) is 10.9. The average molecular weight is 467 g/mol. The van der Waals surface area contributed by atoms with Gasteiger partial charge in [-0.25, -0.2) is 9.59 Å². The van der Waals surface area contributed by atoms with Gasteiger partial charge in [0.05, 0.1) is 13.2 Å². The van der Waals surface area contributed by atoms with E-state index in [4.69, 9.17) is 18.9 Å². The number of rotatable bonds is 13. The predicted molar refractivity (Wildman–Crippen MR) is 134 cm³/mol. The summed E-state index contributed by atoms with van der Waals surface area (Å²) in [5.74, 6) is 0.406. The summed E-state index contributed by atoms with van der Waals surface area (Å²) >= 11 is 0. The van der Waals surface area contributed by atoms with Gasteiger partial charge in [-0.2, -0.15) is 0 Å². The van der Waals surface area contributed by atoms with Crippen molar-refractivity contribution in [1.29, 1.82) is 0 Å². The van der Waals surface area contributed by atoms with Crippen molar-refractivity contribution in [2.45, 2.75) is 52.9 Å². The van der Waals surface area contributed by atoms with Gasteiger partial charge in [-0.15, -0.1) is 0 Å². The number of unbranched alkanes of at least 4 members (excludes halogenated alkanes) is 2. The summed E-state index contributed by atoms with van der Waals surface area (Å²) in [5.41, 5.74) is 1.13. The van der Waals surface area contributed by atoms with Crippen molar-refractivity contribution in [2.24, 2.45) is 0 Å². The lowest BCUT2D eigenvalue weighted by Gasteiger charge is -2.18. The van der Waals surface area contributed by atoms with E-state index >= 15 is 0 Å². The third-order valence-electron chi connectivity index (χ3n) is 5.59. The zero-order valence-electron chi connectivity index (χ0n) is 20.4. The maximum Gasteiger partial charge on any atom is 0.344 e. The summed E-state index contributed by atoms with van der Waals surface area (Å²) < 4.78 is 22.6. The summed E-state index contributed by atoms with van der Waals surface area (Å²) in [6.45, 7) is 6.59. The Morgan fingerprint density at radius 3 is 1.68 bits per heavy atom. The van der Waals surface area contributed by atoms with Gasteiger partial charge in [-0.1, -0.05) is 70.0 Å². The van der Waals surface area contributed by atoms with Crippen LogP contribution in [0.4, 0.5) is 0 Å². The van der Waals surface area contributed by atoms with Crippen LogP contribution in [-0.4, -0.2) is 38.4 Å². The first kappa shape index (κ1) is 25.3. The molecule has 6 nitrogen and oxygen atoms in total. The lowest BCUT2D eigenvalue weighted by Crippen LogP contribution is -2.17. The number of esters is 2. The van der Waals surface area contributed by atoms with Crippen molar-refractivity contribution in [2.75, 3.05) is 26.4 Å². The highest BCUT2D eigenvalue weighted by molar-refractivity contribution is 6.11. The zero-order chi connectivity index (χ0) is 24.3. The molecule has 0 aliphatic rings. The molecule has 182 valence electrons. The van der Waals surface area contributed by atoms with E-state index in [0.29, 0.717) is 24.7 Å². The van der Waals surface area contributed by atoms with Crippen LogP contribution in [0.1, 0.15) is 52.0 Å². The molecule has 0 unspecified atom stereocenters. The second-order valence-corrected chi connectivity index (χ2v) is 8.16. The molecule has 0 fully saturated rings. The predicted octanol–water partition coefficient (Wildman–Crippen LogP) is 6.00. The van der Waals surface area contributed by atoms with Gasteiger partial charge < -0.3 is 18.9 Å². The van der Waals surface area contributed by atoms with Crippen molar-refractivity contribution in [3.8, 4) is 11.5 Å². The molecule has 0 N–H and O–H groups in total. The van der Waals surface area contributed by atoms with Crippen molar-refractivity contribution in [1.82, 2.24) is 0 Å². The van der Waals surface area contributed by atoms with E-state index in [-0.39, 0.29) is 13.2 Å². The van der Waals surface area contributed by atoms with Gasteiger partial charge in [0.2, 0.25) is 0 Å². The Bertz CT molecular complexity index is 1120. The van der Waals surface area contributed by atoms with Gasteiger partial charge in [-0.05, 0) is 30.9 Å². The number of hydrogen-bond donors (Lipinski definition) is 0. The minimum Gasteiger partial charge on any atom is -0.481 e. The molecule has 3 aromatic rings. The summed E-state index contributed by atoms with van der Waals surface area (Å²) in [5, 5.41) is 3.24. The van der Waals surface area contributed by atoms with E-state index in [9.17, 15) is 9.59 Å². The van der Waals surface area contributed by atoms with E-state index in [1.807, 2.05) is 56.3 Å². The lowest BCUT2D eigenvalue weighted by atomic mass is 9.98. The Morgan fingerprint density at radius 2 is 1.18 bits per heavy atom. The number of fused-ring (bicyclic) bond motifs is 2. The Kier molecular flexibility index (Phi) is 9.56. The number of aryl methyl sites for hydroxylation is 1. The van der Waals surface area contributed by atoms with Crippen molar-refractivity contribution in [3.63, 3.8) is 0 Å². The zero-order valence-corrected chi connectivity index (χ0v) is 20.4. The highest BCUT2D eigenvalue weighted by Gasteiger charge is 2.19. The van der Waals surface area contributed by atoms with Crippen LogP contribution < -0.4 is 9.47 Å². The minimum absolute atomic E-state index is 0.177. The van der Waals surface area contributed by atoms with E-state index in [1.165, 1.54) is 0 Å². The maximum atomic E-state index is 12.2. The van der Waals surface area contributed by atoms with Gasteiger partial charge >= 0.3 is 11.9 Å². The number of benzene rings is 3. The lowest BCUT2D eigenvalue weighted by molar-refractivity contribution is -0.146. The van der Waals surface area contributed by atoms with Crippen molar-refractivity contribution in [3.05, 3.63) is 48.0 Å². The van der Waals surface area contributed by atoms with Crippen LogP contribution in [0.2, 0.25) is 0 Å². The Labute approximate surface area is 201 Å². The van der Waals surface area contributed by atoms with Crippen LogP contribution in [0.3, 0.4) is 0 Å². The third kappa shape index (κ3) is 6.40. The first-order valence-electron chi connectivity index (χ1n) is 12.1. The largest absolute Gasteiger partial charge is 0.481 e. The van der Waals surface area contributed by atoms with Gasteiger partial charge in [-0.3, -0.25) is 0 Å². The highest BCUT2D eigenvalue weighted by atomic mass is 16.6. The minimum atomic E-state index is -0.397. The summed E-state index contributed by atoms with van der Waals surface area (Å²) in [4.78, 5) is 24.4. The van der Waals surface area contributed by atoms with Crippen LogP contribution in [0.5, 0.6) is 11.5 Å². The van der Waals surface area contributed by atoms with Crippen molar-refractivity contribution >= 4 is 33.5 Å².